The molecule has 2 N–H and O–H groups in total. The number of ether oxygens (including phenoxy) is 2. The number of methoxy groups -OCH3 is 1. The molecular weight excluding hydrogens is 337 g/mol. The fourth-order valence-corrected chi connectivity index (χ4v) is 2.54. The Hall–Kier alpha value is -2.86. The van der Waals surface area contributed by atoms with E-state index in [4.69, 9.17) is 14.6 Å². The van der Waals surface area contributed by atoms with Gasteiger partial charge in [0.25, 0.3) is 0 Å². The lowest BCUT2D eigenvalue weighted by Gasteiger charge is -2.17. The van der Waals surface area contributed by atoms with E-state index in [1.165, 1.54) is 19.2 Å². The van der Waals surface area contributed by atoms with Crippen LogP contribution in [0.2, 0.25) is 0 Å². The molecule has 0 radical (unpaired) electrons. The molecule has 0 aliphatic rings. The summed E-state index contributed by atoms with van der Waals surface area (Å²) in [5, 5.41) is 11.7. The largest absolute Gasteiger partial charge is 0.493 e. The highest BCUT2D eigenvalue weighted by atomic mass is 19.1. The van der Waals surface area contributed by atoms with Crippen LogP contribution in [0.1, 0.15) is 17.9 Å². The van der Waals surface area contributed by atoms with Gasteiger partial charge in [-0.2, -0.15) is 0 Å². The van der Waals surface area contributed by atoms with Crippen molar-refractivity contribution >= 4 is 11.6 Å². The fourth-order valence-electron chi connectivity index (χ4n) is 2.54. The zero-order valence-electron chi connectivity index (χ0n) is 14.6. The first-order valence-electron chi connectivity index (χ1n) is 8.18. The molecule has 0 bridgehead atoms. The Balaban J connectivity index is 2.21. The molecule has 26 heavy (non-hydrogen) atoms. The number of anilines is 1. The lowest BCUT2D eigenvalue weighted by Crippen LogP contribution is -2.21. The SMILES string of the molecule is C=CCC(C(=O)Nc1ccc(OC)c(OCCO)c1)c1cccc(F)c1. The van der Waals surface area contributed by atoms with Crippen LogP contribution >= 0.6 is 0 Å². The molecule has 1 unspecified atom stereocenters. The maximum atomic E-state index is 13.5. The smallest absolute Gasteiger partial charge is 0.232 e. The molecule has 0 spiro atoms. The van der Waals surface area contributed by atoms with Crippen LogP contribution in [0, 0.1) is 5.82 Å². The Kier molecular flexibility index (Phi) is 7.17. The maximum absolute atomic E-state index is 13.5. The average Bonchev–Trinajstić information content (AvgIpc) is 2.64. The van der Waals surface area contributed by atoms with Gasteiger partial charge in [0.15, 0.2) is 11.5 Å². The molecular formula is C20H22FNO4. The second kappa shape index (κ2) is 9.58. The zero-order valence-corrected chi connectivity index (χ0v) is 14.6. The minimum Gasteiger partial charge on any atom is -0.493 e. The number of aliphatic hydroxyl groups is 1. The van der Waals surface area contributed by atoms with E-state index in [2.05, 4.69) is 11.9 Å². The first kappa shape index (κ1) is 19.5. The van der Waals surface area contributed by atoms with Crippen LogP contribution in [0.15, 0.2) is 55.1 Å². The molecule has 0 aliphatic heterocycles. The fraction of sp³-hybridized carbons (Fsp3) is 0.250. The van der Waals surface area contributed by atoms with Crippen molar-refractivity contribution in [1.82, 2.24) is 0 Å². The molecule has 0 saturated carbocycles. The maximum Gasteiger partial charge on any atom is 0.232 e. The van der Waals surface area contributed by atoms with Gasteiger partial charge in [-0.25, -0.2) is 4.39 Å². The number of nitrogens with one attached hydrogen (secondary N) is 1. The van der Waals surface area contributed by atoms with Gasteiger partial charge in [0.2, 0.25) is 5.91 Å². The van der Waals surface area contributed by atoms with Crippen molar-refractivity contribution in [1.29, 1.82) is 0 Å². The summed E-state index contributed by atoms with van der Waals surface area (Å²) in [6.07, 6.45) is 2.00. The standard InChI is InChI=1S/C20H22FNO4/c1-3-5-17(14-6-4-7-15(21)12-14)20(24)22-16-8-9-18(25-2)19(13-16)26-11-10-23/h3-4,6-9,12-13,17,23H,1,5,10-11H2,2H3,(H,22,24). The summed E-state index contributed by atoms with van der Waals surface area (Å²) in [6.45, 7) is 3.64. The van der Waals surface area contributed by atoms with Gasteiger partial charge in [-0.1, -0.05) is 18.2 Å². The number of halogens is 1. The number of hydrogen-bond acceptors (Lipinski definition) is 4. The zero-order chi connectivity index (χ0) is 18.9. The van der Waals surface area contributed by atoms with Gasteiger partial charge in [-0.3, -0.25) is 4.79 Å². The molecule has 0 fully saturated rings. The van der Waals surface area contributed by atoms with Gasteiger partial charge in [0, 0.05) is 11.8 Å². The molecule has 6 heteroatoms. The van der Waals surface area contributed by atoms with Gasteiger partial charge >= 0.3 is 0 Å². The van der Waals surface area contributed by atoms with Crippen LogP contribution in [0.3, 0.4) is 0 Å². The molecule has 0 saturated heterocycles. The van der Waals surface area contributed by atoms with Gasteiger partial charge in [-0.05, 0) is 36.2 Å². The second-order valence-corrected chi connectivity index (χ2v) is 5.56. The van der Waals surface area contributed by atoms with E-state index in [0.29, 0.717) is 29.2 Å². The quantitative estimate of drug-likeness (QED) is 0.673. The number of carbonyl (C=O) groups excluding carboxylic acids is 1. The van der Waals surface area contributed by atoms with E-state index >= 15 is 0 Å². The van der Waals surface area contributed by atoms with Crippen LogP contribution in [0.5, 0.6) is 11.5 Å². The third-order valence-electron chi connectivity index (χ3n) is 3.75. The Morgan fingerprint density at radius 3 is 2.77 bits per heavy atom. The third kappa shape index (κ3) is 5.07. The molecule has 138 valence electrons. The monoisotopic (exact) mass is 359 g/mol. The minimum absolute atomic E-state index is 0.107. The summed E-state index contributed by atoms with van der Waals surface area (Å²) < 4.78 is 24.1. The number of amides is 1. The van der Waals surface area contributed by atoms with Crippen molar-refractivity contribution in [2.75, 3.05) is 25.6 Å². The lowest BCUT2D eigenvalue weighted by molar-refractivity contribution is -0.117. The topological polar surface area (TPSA) is 67.8 Å². The molecule has 1 atom stereocenters. The highest BCUT2D eigenvalue weighted by molar-refractivity contribution is 5.96. The molecule has 0 heterocycles. The van der Waals surface area contributed by atoms with Crippen LogP contribution in [-0.4, -0.2) is 31.3 Å². The number of rotatable bonds is 9. The van der Waals surface area contributed by atoms with Crippen molar-refractivity contribution in [2.24, 2.45) is 0 Å². The van der Waals surface area contributed by atoms with Crippen LogP contribution < -0.4 is 14.8 Å². The molecule has 2 aromatic carbocycles. The van der Waals surface area contributed by atoms with Crippen LogP contribution in [0.25, 0.3) is 0 Å². The Morgan fingerprint density at radius 1 is 1.31 bits per heavy atom. The van der Waals surface area contributed by atoms with Crippen LogP contribution in [0.4, 0.5) is 10.1 Å². The normalized spacial score (nSPS) is 11.5. The van der Waals surface area contributed by atoms with E-state index in [1.807, 2.05) is 0 Å². The molecule has 2 aromatic rings. The van der Waals surface area contributed by atoms with E-state index in [9.17, 15) is 9.18 Å². The Labute approximate surface area is 152 Å². The van der Waals surface area contributed by atoms with Gasteiger partial charge in [-0.15, -0.1) is 6.58 Å². The predicted octanol–water partition coefficient (Wildman–Crippen LogP) is 3.50. The Bertz CT molecular complexity index is 763. The van der Waals surface area contributed by atoms with Gasteiger partial charge in [0.1, 0.15) is 12.4 Å². The summed E-state index contributed by atoms with van der Waals surface area (Å²) in [5.74, 6) is -0.344. The average molecular weight is 359 g/mol. The number of carbonyl (C=O) groups is 1. The summed E-state index contributed by atoms with van der Waals surface area (Å²) in [6, 6.07) is 10.9. The second-order valence-electron chi connectivity index (χ2n) is 5.56. The molecule has 2 rings (SSSR count). The van der Waals surface area contributed by atoms with E-state index < -0.39 is 11.7 Å². The van der Waals surface area contributed by atoms with Crippen molar-refractivity contribution < 1.29 is 23.8 Å². The minimum atomic E-state index is -0.563. The van der Waals surface area contributed by atoms with Gasteiger partial charge < -0.3 is 19.9 Å². The number of benzene rings is 2. The first-order valence-corrected chi connectivity index (χ1v) is 8.18. The predicted molar refractivity (Wildman–Crippen MR) is 98.2 cm³/mol. The van der Waals surface area contributed by atoms with Crippen molar-refractivity contribution in [3.63, 3.8) is 0 Å². The molecule has 0 aromatic heterocycles. The highest BCUT2D eigenvalue weighted by Gasteiger charge is 2.20. The Morgan fingerprint density at radius 2 is 2.12 bits per heavy atom. The molecule has 1 amide bonds. The van der Waals surface area contributed by atoms with E-state index in [1.54, 1.807) is 36.4 Å². The lowest BCUT2D eigenvalue weighted by atomic mass is 9.94. The van der Waals surface area contributed by atoms with E-state index in [0.717, 1.165) is 0 Å². The third-order valence-corrected chi connectivity index (χ3v) is 3.75. The number of aliphatic hydroxyl groups excluding tert-OH is 1. The molecule has 0 aliphatic carbocycles. The van der Waals surface area contributed by atoms with Crippen molar-refractivity contribution in [3.05, 3.63) is 66.5 Å². The van der Waals surface area contributed by atoms with Crippen molar-refractivity contribution in [3.8, 4) is 11.5 Å². The van der Waals surface area contributed by atoms with Gasteiger partial charge in [0.05, 0.1) is 19.6 Å². The van der Waals surface area contributed by atoms with E-state index in [-0.39, 0.29) is 19.1 Å². The van der Waals surface area contributed by atoms with Crippen molar-refractivity contribution in [2.45, 2.75) is 12.3 Å². The highest BCUT2D eigenvalue weighted by Crippen LogP contribution is 2.31. The summed E-state index contributed by atoms with van der Waals surface area (Å²) in [7, 11) is 1.50. The molecule has 5 nitrogen and oxygen atoms in total. The number of hydrogen-bond donors (Lipinski definition) is 2. The summed E-state index contributed by atoms with van der Waals surface area (Å²) in [5.41, 5.74) is 1.09. The number of allylic oxidation sites excluding steroid dienone is 1. The van der Waals surface area contributed by atoms with Crippen LogP contribution in [-0.2, 0) is 4.79 Å². The first-order chi connectivity index (χ1) is 12.6. The summed E-state index contributed by atoms with van der Waals surface area (Å²) >= 11 is 0. The summed E-state index contributed by atoms with van der Waals surface area (Å²) in [4.78, 5) is 12.7.